The van der Waals surface area contributed by atoms with Gasteiger partial charge in [-0.15, -0.1) is 0 Å². The van der Waals surface area contributed by atoms with Crippen LogP contribution in [-0.2, 0) is 27.9 Å². The van der Waals surface area contributed by atoms with E-state index in [2.05, 4.69) is 15.4 Å². The fourth-order valence-electron chi connectivity index (χ4n) is 2.29. The van der Waals surface area contributed by atoms with Crippen LogP contribution in [0, 0.1) is 11.6 Å². The smallest absolute Gasteiger partial charge is 0.326 e. The zero-order valence-corrected chi connectivity index (χ0v) is 14.0. The summed E-state index contributed by atoms with van der Waals surface area (Å²) in [7, 11) is 1.62. The molecule has 2 aromatic heterocycles. The molecule has 1 aromatic carbocycles. The number of aromatic nitrogens is 4. The maximum Gasteiger partial charge on any atom is 0.326 e. The standard InChI is InChI=1S/C16H13F2N5O4/c1-22-15-10(5-20-22)16(26)23(8-19-15)6-14(25)27-7-13(24)21-12-4-9(17)2-3-11(12)18/h2-5,8H,6-7H2,1H3,(H,21,24). The highest BCUT2D eigenvalue weighted by molar-refractivity contribution is 5.92. The van der Waals surface area contributed by atoms with Crippen LogP contribution in [0.4, 0.5) is 14.5 Å². The van der Waals surface area contributed by atoms with Crippen LogP contribution < -0.4 is 10.9 Å². The summed E-state index contributed by atoms with van der Waals surface area (Å²) >= 11 is 0. The molecule has 0 saturated carbocycles. The molecule has 1 N–H and O–H groups in total. The number of fused-ring (bicyclic) bond motifs is 1. The van der Waals surface area contributed by atoms with E-state index < -0.39 is 42.2 Å². The summed E-state index contributed by atoms with van der Waals surface area (Å²) in [4.78, 5) is 39.8. The number of hydrogen-bond donors (Lipinski definition) is 1. The summed E-state index contributed by atoms with van der Waals surface area (Å²) in [6.45, 7) is -1.20. The Kier molecular flexibility index (Phi) is 4.92. The fourth-order valence-corrected chi connectivity index (χ4v) is 2.29. The third-order valence-corrected chi connectivity index (χ3v) is 3.58. The molecule has 3 aromatic rings. The molecule has 0 unspecified atom stereocenters. The number of carbonyl (C=O) groups excluding carboxylic acids is 2. The first-order valence-corrected chi connectivity index (χ1v) is 7.63. The van der Waals surface area contributed by atoms with Gasteiger partial charge in [-0.3, -0.25) is 23.6 Å². The lowest BCUT2D eigenvalue weighted by atomic mass is 10.3. The monoisotopic (exact) mass is 377 g/mol. The highest BCUT2D eigenvalue weighted by Crippen LogP contribution is 2.15. The van der Waals surface area contributed by atoms with Crippen molar-refractivity contribution >= 4 is 28.6 Å². The van der Waals surface area contributed by atoms with Gasteiger partial charge < -0.3 is 10.1 Å². The Balaban J connectivity index is 1.60. The number of ether oxygens (including phenoxy) is 1. The lowest BCUT2D eigenvalue weighted by Crippen LogP contribution is -2.28. The van der Waals surface area contributed by atoms with E-state index in [0.29, 0.717) is 5.65 Å². The van der Waals surface area contributed by atoms with Gasteiger partial charge >= 0.3 is 5.97 Å². The van der Waals surface area contributed by atoms with Gasteiger partial charge in [0.1, 0.15) is 29.9 Å². The summed E-state index contributed by atoms with van der Waals surface area (Å²) in [5.41, 5.74) is -0.504. The lowest BCUT2D eigenvalue weighted by molar-refractivity contribution is -0.147. The first kappa shape index (κ1) is 18.2. The number of anilines is 1. The van der Waals surface area contributed by atoms with E-state index in [1.807, 2.05) is 0 Å². The number of halogens is 2. The number of aryl methyl sites for hydroxylation is 1. The van der Waals surface area contributed by atoms with E-state index in [0.717, 1.165) is 29.1 Å². The number of rotatable bonds is 5. The van der Waals surface area contributed by atoms with Crippen molar-refractivity contribution in [3.05, 3.63) is 52.7 Å². The summed E-state index contributed by atoms with van der Waals surface area (Å²) in [5, 5.41) is 6.22. The first-order valence-electron chi connectivity index (χ1n) is 7.63. The molecule has 0 aliphatic rings. The van der Waals surface area contributed by atoms with Crippen molar-refractivity contribution in [1.29, 1.82) is 0 Å². The molecule has 9 nitrogen and oxygen atoms in total. The van der Waals surface area contributed by atoms with Crippen molar-refractivity contribution in [1.82, 2.24) is 19.3 Å². The minimum Gasteiger partial charge on any atom is -0.454 e. The number of esters is 1. The van der Waals surface area contributed by atoms with E-state index in [9.17, 15) is 23.2 Å². The van der Waals surface area contributed by atoms with Gasteiger partial charge in [0.15, 0.2) is 12.3 Å². The number of nitrogens with zero attached hydrogens (tertiary/aromatic N) is 4. The highest BCUT2D eigenvalue weighted by Gasteiger charge is 2.14. The summed E-state index contributed by atoms with van der Waals surface area (Å²) in [5.74, 6) is -3.31. The molecule has 0 bridgehead atoms. The van der Waals surface area contributed by atoms with Crippen molar-refractivity contribution in [3.63, 3.8) is 0 Å². The van der Waals surface area contributed by atoms with Gasteiger partial charge in [0.05, 0.1) is 11.9 Å². The average Bonchev–Trinajstić information content (AvgIpc) is 3.00. The first-order chi connectivity index (χ1) is 12.8. The zero-order chi connectivity index (χ0) is 19.6. The van der Waals surface area contributed by atoms with Crippen LogP contribution in [-0.4, -0.2) is 37.8 Å². The summed E-state index contributed by atoms with van der Waals surface area (Å²) < 4.78 is 33.7. The van der Waals surface area contributed by atoms with Crippen molar-refractivity contribution in [2.75, 3.05) is 11.9 Å². The Labute approximate surface area is 150 Å². The second-order valence-corrected chi connectivity index (χ2v) is 5.52. The van der Waals surface area contributed by atoms with E-state index in [1.54, 1.807) is 7.05 Å². The Morgan fingerprint density at radius 1 is 1.30 bits per heavy atom. The van der Waals surface area contributed by atoms with Gasteiger partial charge in [-0.1, -0.05) is 0 Å². The highest BCUT2D eigenvalue weighted by atomic mass is 19.1. The minimum atomic E-state index is -0.878. The largest absolute Gasteiger partial charge is 0.454 e. The Morgan fingerprint density at radius 2 is 2.07 bits per heavy atom. The predicted molar refractivity (Wildman–Crippen MR) is 88.7 cm³/mol. The molecule has 27 heavy (non-hydrogen) atoms. The second kappa shape index (κ2) is 7.32. The zero-order valence-electron chi connectivity index (χ0n) is 14.0. The lowest BCUT2D eigenvalue weighted by Gasteiger charge is -2.08. The van der Waals surface area contributed by atoms with Gasteiger partial charge in [0.2, 0.25) is 0 Å². The maximum atomic E-state index is 13.4. The summed E-state index contributed by atoms with van der Waals surface area (Å²) in [6, 6.07) is 2.55. The van der Waals surface area contributed by atoms with E-state index in [1.165, 1.54) is 10.9 Å². The van der Waals surface area contributed by atoms with Gasteiger partial charge in [-0.25, -0.2) is 13.8 Å². The molecule has 0 aliphatic heterocycles. The van der Waals surface area contributed by atoms with Crippen molar-refractivity contribution < 1.29 is 23.1 Å². The third kappa shape index (κ3) is 3.97. The molecular weight excluding hydrogens is 364 g/mol. The number of nitrogens with one attached hydrogen (secondary N) is 1. The van der Waals surface area contributed by atoms with E-state index >= 15 is 0 Å². The van der Waals surface area contributed by atoms with Crippen molar-refractivity contribution in [3.8, 4) is 0 Å². The molecule has 0 radical (unpaired) electrons. The molecule has 2 heterocycles. The molecule has 11 heteroatoms. The number of hydrogen-bond acceptors (Lipinski definition) is 6. The van der Waals surface area contributed by atoms with Gasteiger partial charge in [0.25, 0.3) is 11.5 Å². The molecule has 0 atom stereocenters. The second-order valence-electron chi connectivity index (χ2n) is 5.52. The normalized spacial score (nSPS) is 10.8. The van der Waals surface area contributed by atoms with Crippen LogP contribution in [0.25, 0.3) is 11.0 Å². The van der Waals surface area contributed by atoms with E-state index in [-0.39, 0.29) is 11.1 Å². The molecule has 0 aliphatic carbocycles. The van der Waals surface area contributed by atoms with Crippen molar-refractivity contribution in [2.45, 2.75) is 6.54 Å². The van der Waals surface area contributed by atoms with E-state index in [4.69, 9.17) is 4.74 Å². The molecule has 0 fully saturated rings. The van der Waals surface area contributed by atoms with Crippen molar-refractivity contribution in [2.24, 2.45) is 7.05 Å². The van der Waals surface area contributed by atoms with Crippen LogP contribution in [0.5, 0.6) is 0 Å². The average molecular weight is 377 g/mol. The van der Waals surface area contributed by atoms with Gasteiger partial charge in [-0.05, 0) is 12.1 Å². The van der Waals surface area contributed by atoms with Crippen LogP contribution in [0.1, 0.15) is 0 Å². The Hall–Kier alpha value is -3.63. The predicted octanol–water partition coefficient (Wildman–Crippen LogP) is 0.590. The summed E-state index contributed by atoms with van der Waals surface area (Å²) in [6.07, 6.45) is 2.49. The molecule has 0 saturated heterocycles. The van der Waals surface area contributed by atoms with Crippen LogP contribution in [0.15, 0.2) is 35.5 Å². The van der Waals surface area contributed by atoms with Crippen LogP contribution >= 0.6 is 0 Å². The minimum absolute atomic E-state index is 0.229. The number of benzene rings is 1. The molecule has 1 amide bonds. The maximum absolute atomic E-state index is 13.4. The molecule has 0 spiro atoms. The van der Waals surface area contributed by atoms with Crippen LogP contribution in [0.2, 0.25) is 0 Å². The van der Waals surface area contributed by atoms with Gasteiger partial charge in [-0.2, -0.15) is 5.10 Å². The molecular formula is C16H13F2N5O4. The molecule has 3 rings (SSSR count). The topological polar surface area (TPSA) is 108 Å². The number of carbonyl (C=O) groups is 2. The van der Waals surface area contributed by atoms with Gasteiger partial charge in [0, 0.05) is 13.1 Å². The Bertz CT molecular complexity index is 1090. The quantitative estimate of drug-likeness (QED) is 0.652. The Morgan fingerprint density at radius 3 is 2.85 bits per heavy atom. The third-order valence-electron chi connectivity index (χ3n) is 3.58. The van der Waals surface area contributed by atoms with Crippen LogP contribution in [0.3, 0.4) is 0 Å². The SMILES string of the molecule is Cn1ncc2c(=O)n(CC(=O)OCC(=O)Nc3cc(F)ccc3F)cnc21. The molecule has 140 valence electrons. The fraction of sp³-hybridized carbons (Fsp3) is 0.188. The number of amides is 1.